The summed E-state index contributed by atoms with van der Waals surface area (Å²) in [7, 11) is 1.46. The zero-order chi connectivity index (χ0) is 21.1. The van der Waals surface area contributed by atoms with Crippen LogP contribution in [0.4, 0.5) is 5.69 Å². The summed E-state index contributed by atoms with van der Waals surface area (Å²) >= 11 is 3.37. The fourth-order valence-corrected chi connectivity index (χ4v) is 3.37. The number of carbonyl (C=O) groups is 2. The third kappa shape index (κ3) is 4.23. The predicted molar refractivity (Wildman–Crippen MR) is 108 cm³/mol. The van der Waals surface area contributed by atoms with Gasteiger partial charge in [-0.3, -0.25) is 4.79 Å². The van der Waals surface area contributed by atoms with Gasteiger partial charge in [0.05, 0.1) is 18.4 Å². The van der Waals surface area contributed by atoms with Crippen molar-refractivity contribution >= 4 is 33.5 Å². The lowest BCUT2D eigenvalue weighted by Crippen LogP contribution is -2.22. The molecule has 30 heavy (non-hydrogen) atoms. The van der Waals surface area contributed by atoms with Crippen LogP contribution in [-0.4, -0.2) is 52.0 Å². The molecule has 0 bridgehead atoms. The second-order valence-electron chi connectivity index (χ2n) is 6.30. The smallest absolute Gasteiger partial charge is 0.338 e. The van der Waals surface area contributed by atoms with Crippen molar-refractivity contribution in [1.82, 2.24) is 0 Å². The first-order valence-corrected chi connectivity index (χ1v) is 9.88. The predicted octanol–water partition coefficient (Wildman–Crippen LogP) is 2.80. The van der Waals surface area contributed by atoms with Crippen LogP contribution in [0.15, 0.2) is 28.7 Å². The average Bonchev–Trinajstić information content (AvgIpc) is 2.77. The van der Waals surface area contributed by atoms with Crippen LogP contribution in [0.1, 0.15) is 10.4 Å². The number of methoxy groups -OCH3 is 1. The van der Waals surface area contributed by atoms with Crippen molar-refractivity contribution in [1.29, 1.82) is 0 Å². The van der Waals surface area contributed by atoms with Crippen molar-refractivity contribution in [3.63, 3.8) is 0 Å². The van der Waals surface area contributed by atoms with E-state index in [0.717, 1.165) is 0 Å². The van der Waals surface area contributed by atoms with E-state index < -0.39 is 18.5 Å². The minimum Gasteiger partial charge on any atom is -0.493 e. The maximum atomic E-state index is 12.4. The third-order valence-corrected chi connectivity index (χ3v) is 4.96. The Morgan fingerprint density at radius 3 is 2.37 bits per heavy atom. The molecule has 158 valence electrons. The average molecular weight is 480 g/mol. The molecule has 4 rings (SSSR count). The van der Waals surface area contributed by atoms with Crippen molar-refractivity contribution < 1.29 is 38.0 Å². The van der Waals surface area contributed by atoms with Crippen LogP contribution < -0.4 is 29.0 Å². The minimum absolute atomic E-state index is 0.185. The van der Waals surface area contributed by atoms with Gasteiger partial charge in [-0.15, -0.1) is 0 Å². The summed E-state index contributed by atoms with van der Waals surface area (Å²) in [6.45, 7) is 1.17. The fraction of sp³-hybridized carbons (Fsp3) is 0.300. The number of anilines is 1. The maximum absolute atomic E-state index is 12.4. The molecule has 0 aliphatic carbocycles. The Kier molecular flexibility index (Phi) is 5.84. The number of ether oxygens (including phenoxy) is 6. The number of carbonyl (C=O) groups excluding carboxylic acids is 2. The molecule has 0 fully saturated rings. The molecule has 9 nitrogen and oxygen atoms in total. The van der Waals surface area contributed by atoms with Crippen molar-refractivity contribution in [2.75, 3.05) is 45.5 Å². The molecule has 10 heteroatoms. The zero-order valence-corrected chi connectivity index (χ0v) is 17.6. The van der Waals surface area contributed by atoms with Gasteiger partial charge in [-0.1, -0.05) is 0 Å². The van der Waals surface area contributed by atoms with E-state index in [-0.39, 0.29) is 5.56 Å². The molecule has 2 heterocycles. The lowest BCUT2D eigenvalue weighted by atomic mass is 10.1. The van der Waals surface area contributed by atoms with E-state index in [1.54, 1.807) is 12.1 Å². The molecule has 0 atom stereocenters. The quantitative estimate of drug-likeness (QED) is 0.653. The van der Waals surface area contributed by atoms with Gasteiger partial charge in [0.2, 0.25) is 5.75 Å². The van der Waals surface area contributed by atoms with E-state index in [9.17, 15) is 9.59 Å². The SMILES string of the molecule is COc1cc(C(=O)OCC(=O)Nc2cc3c(cc2Br)OCCO3)cc2c1OCCO2. The molecule has 0 saturated heterocycles. The third-order valence-electron chi connectivity index (χ3n) is 4.30. The molecule has 0 saturated carbocycles. The Hall–Kier alpha value is -3.14. The van der Waals surface area contributed by atoms with Gasteiger partial charge in [0.25, 0.3) is 5.91 Å². The Morgan fingerprint density at radius 2 is 1.63 bits per heavy atom. The highest BCUT2D eigenvalue weighted by atomic mass is 79.9. The molecule has 0 unspecified atom stereocenters. The van der Waals surface area contributed by atoms with E-state index in [0.29, 0.717) is 65.3 Å². The van der Waals surface area contributed by atoms with Gasteiger partial charge in [0.1, 0.15) is 26.4 Å². The van der Waals surface area contributed by atoms with E-state index >= 15 is 0 Å². The highest BCUT2D eigenvalue weighted by Crippen LogP contribution is 2.40. The van der Waals surface area contributed by atoms with Crippen molar-refractivity contribution in [2.24, 2.45) is 0 Å². The van der Waals surface area contributed by atoms with E-state index in [1.165, 1.54) is 19.2 Å². The van der Waals surface area contributed by atoms with Crippen molar-refractivity contribution in [2.45, 2.75) is 0 Å². The number of halogens is 1. The van der Waals surface area contributed by atoms with Crippen LogP contribution in [0.5, 0.6) is 28.7 Å². The van der Waals surface area contributed by atoms with E-state index in [4.69, 9.17) is 28.4 Å². The summed E-state index contributed by atoms with van der Waals surface area (Å²) in [6, 6.07) is 6.32. The largest absolute Gasteiger partial charge is 0.493 e. The number of hydrogen-bond acceptors (Lipinski definition) is 8. The first-order valence-electron chi connectivity index (χ1n) is 9.09. The first kappa shape index (κ1) is 20.1. The summed E-state index contributed by atoms with van der Waals surface area (Å²) < 4.78 is 33.0. The van der Waals surface area contributed by atoms with Gasteiger partial charge in [-0.05, 0) is 28.1 Å². The number of benzene rings is 2. The Labute approximate surface area is 180 Å². The summed E-state index contributed by atoms with van der Waals surface area (Å²) in [6.07, 6.45) is 0. The van der Waals surface area contributed by atoms with Gasteiger partial charge in [0.15, 0.2) is 29.6 Å². The summed E-state index contributed by atoms with van der Waals surface area (Å²) in [5.74, 6) is 1.08. The highest BCUT2D eigenvalue weighted by molar-refractivity contribution is 9.10. The number of esters is 1. The topological polar surface area (TPSA) is 102 Å². The van der Waals surface area contributed by atoms with Crippen molar-refractivity contribution in [3.05, 3.63) is 34.3 Å². The Balaban J connectivity index is 1.40. The molecular weight excluding hydrogens is 462 g/mol. The molecule has 1 N–H and O–H groups in total. The normalized spacial score (nSPS) is 13.9. The van der Waals surface area contributed by atoms with Crippen molar-refractivity contribution in [3.8, 4) is 28.7 Å². The maximum Gasteiger partial charge on any atom is 0.338 e. The van der Waals surface area contributed by atoms with Crippen LogP contribution in [-0.2, 0) is 9.53 Å². The number of fused-ring (bicyclic) bond motifs is 2. The van der Waals surface area contributed by atoms with Gasteiger partial charge in [-0.2, -0.15) is 0 Å². The molecular formula is C20H18BrNO8. The van der Waals surface area contributed by atoms with E-state index in [1.807, 2.05) is 0 Å². The molecule has 1 amide bonds. The Bertz CT molecular complexity index is 976. The zero-order valence-electron chi connectivity index (χ0n) is 16.0. The molecule has 0 spiro atoms. The van der Waals surface area contributed by atoms with Gasteiger partial charge >= 0.3 is 5.97 Å². The molecule has 2 aromatic rings. The number of rotatable bonds is 5. The van der Waals surface area contributed by atoms with Crippen LogP contribution >= 0.6 is 15.9 Å². The summed E-state index contributed by atoms with van der Waals surface area (Å²) in [5.41, 5.74) is 0.658. The molecule has 0 radical (unpaired) electrons. The van der Waals surface area contributed by atoms with E-state index in [2.05, 4.69) is 21.2 Å². The highest BCUT2D eigenvalue weighted by Gasteiger charge is 2.22. The van der Waals surface area contributed by atoms with Gasteiger partial charge in [0, 0.05) is 16.6 Å². The lowest BCUT2D eigenvalue weighted by molar-refractivity contribution is -0.119. The monoisotopic (exact) mass is 479 g/mol. The summed E-state index contributed by atoms with van der Waals surface area (Å²) in [5, 5.41) is 2.67. The molecule has 2 aliphatic heterocycles. The number of amides is 1. The van der Waals surface area contributed by atoms with Gasteiger partial charge < -0.3 is 33.7 Å². The number of nitrogens with one attached hydrogen (secondary N) is 1. The number of hydrogen-bond donors (Lipinski definition) is 1. The molecule has 2 aliphatic rings. The summed E-state index contributed by atoms with van der Waals surface area (Å²) in [4.78, 5) is 24.7. The van der Waals surface area contributed by atoms with Crippen LogP contribution in [0.25, 0.3) is 0 Å². The fourth-order valence-electron chi connectivity index (χ4n) is 2.95. The van der Waals surface area contributed by atoms with Gasteiger partial charge in [-0.25, -0.2) is 4.79 Å². The molecule has 0 aromatic heterocycles. The lowest BCUT2D eigenvalue weighted by Gasteiger charge is -2.21. The standard InChI is InChI=1S/C20H18BrNO8/c1-25-16-6-11(7-17-19(16)29-5-4-28-17)20(24)30-10-18(23)22-13-9-15-14(8-12(13)21)26-2-3-27-15/h6-9H,2-5,10H2,1H3,(H,22,23). The Morgan fingerprint density at radius 1 is 0.967 bits per heavy atom. The van der Waals surface area contributed by atoms with Crippen LogP contribution in [0.3, 0.4) is 0 Å². The van der Waals surface area contributed by atoms with Crippen LogP contribution in [0, 0.1) is 0 Å². The first-order chi connectivity index (χ1) is 14.5. The minimum atomic E-state index is -0.693. The second kappa shape index (κ2) is 8.70. The van der Waals surface area contributed by atoms with Crippen LogP contribution in [0.2, 0.25) is 0 Å². The molecule has 2 aromatic carbocycles. The second-order valence-corrected chi connectivity index (χ2v) is 7.16.